The van der Waals surface area contributed by atoms with E-state index >= 15 is 0 Å². The first-order valence-electron chi connectivity index (χ1n) is 7.44. The van der Waals surface area contributed by atoms with Crippen molar-refractivity contribution in [1.29, 1.82) is 0 Å². The zero-order valence-electron chi connectivity index (χ0n) is 11.7. The van der Waals surface area contributed by atoms with Crippen LogP contribution in [0.15, 0.2) is 11.6 Å². The Bertz CT molecular complexity index is 383. The maximum absolute atomic E-state index is 12.3. The molecule has 5 atom stereocenters. The molecule has 1 aliphatic heterocycles. The molecule has 1 saturated heterocycles. The standard InChI is InChI=1S/C16H24O2/c1-9(2)13-10(3)7-11-5-4-6-12-8-18-16(17)15(13)14(11)12/h7,9,11-15H,4-6,8H2,1-3H3/t11-,12+,13+,14+,15+/m0/s1. The maximum Gasteiger partial charge on any atom is 0.309 e. The molecule has 3 rings (SSSR count). The lowest BCUT2D eigenvalue weighted by Crippen LogP contribution is -2.51. The highest BCUT2D eigenvalue weighted by Crippen LogP contribution is 2.52. The molecule has 2 fully saturated rings. The van der Waals surface area contributed by atoms with Gasteiger partial charge in [-0.05, 0) is 49.4 Å². The van der Waals surface area contributed by atoms with Crippen molar-refractivity contribution >= 4 is 5.97 Å². The van der Waals surface area contributed by atoms with E-state index in [0.29, 0.717) is 36.2 Å². The molecule has 0 unspecified atom stereocenters. The van der Waals surface area contributed by atoms with Crippen molar-refractivity contribution in [3.8, 4) is 0 Å². The van der Waals surface area contributed by atoms with E-state index in [2.05, 4.69) is 26.8 Å². The number of carbonyl (C=O) groups is 1. The van der Waals surface area contributed by atoms with Crippen LogP contribution in [0.2, 0.25) is 0 Å². The van der Waals surface area contributed by atoms with Gasteiger partial charge in [0.15, 0.2) is 0 Å². The van der Waals surface area contributed by atoms with Gasteiger partial charge in [0, 0.05) is 0 Å². The maximum atomic E-state index is 12.3. The molecule has 2 nitrogen and oxygen atoms in total. The first-order valence-corrected chi connectivity index (χ1v) is 7.44. The first kappa shape index (κ1) is 12.3. The Balaban J connectivity index is 2.02. The quantitative estimate of drug-likeness (QED) is 0.525. The van der Waals surface area contributed by atoms with Gasteiger partial charge in [-0.25, -0.2) is 0 Å². The third kappa shape index (κ3) is 1.72. The van der Waals surface area contributed by atoms with Crippen LogP contribution >= 0.6 is 0 Å². The summed E-state index contributed by atoms with van der Waals surface area (Å²) in [5.74, 6) is 2.97. The van der Waals surface area contributed by atoms with E-state index in [1.807, 2.05) is 0 Å². The number of esters is 1. The summed E-state index contributed by atoms with van der Waals surface area (Å²) in [6, 6.07) is 0. The number of allylic oxidation sites excluding steroid dienone is 2. The van der Waals surface area contributed by atoms with Crippen LogP contribution in [0.25, 0.3) is 0 Å². The molecular formula is C16H24O2. The monoisotopic (exact) mass is 248 g/mol. The van der Waals surface area contributed by atoms with Gasteiger partial charge in [-0.3, -0.25) is 4.79 Å². The van der Waals surface area contributed by atoms with E-state index in [1.165, 1.54) is 24.8 Å². The summed E-state index contributed by atoms with van der Waals surface area (Å²) in [5, 5.41) is 0. The topological polar surface area (TPSA) is 26.3 Å². The summed E-state index contributed by atoms with van der Waals surface area (Å²) in [5.41, 5.74) is 1.43. The van der Waals surface area contributed by atoms with E-state index < -0.39 is 0 Å². The number of cyclic esters (lactones) is 1. The van der Waals surface area contributed by atoms with Gasteiger partial charge in [-0.1, -0.05) is 31.9 Å². The van der Waals surface area contributed by atoms with E-state index in [1.54, 1.807) is 0 Å². The Labute approximate surface area is 110 Å². The first-order chi connectivity index (χ1) is 8.59. The Morgan fingerprint density at radius 2 is 2.11 bits per heavy atom. The van der Waals surface area contributed by atoms with Crippen molar-refractivity contribution < 1.29 is 9.53 Å². The number of rotatable bonds is 1. The van der Waals surface area contributed by atoms with Crippen molar-refractivity contribution in [3.63, 3.8) is 0 Å². The fraction of sp³-hybridized carbons (Fsp3) is 0.812. The van der Waals surface area contributed by atoms with Crippen LogP contribution in [0.1, 0.15) is 40.0 Å². The van der Waals surface area contributed by atoms with E-state index in [0.717, 1.165) is 0 Å². The summed E-state index contributed by atoms with van der Waals surface area (Å²) in [6.45, 7) is 7.37. The molecule has 3 aliphatic rings. The summed E-state index contributed by atoms with van der Waals surface area (Å²) in [7, 11) is 0. The van der Waals surface area contributed by atoms with Crippen molar-refractivity contribution in [1.82, 2.24) is 0 Å². The minimum absolute atomic E-state index is 0.0781. The third-order valence-electron chi connectivity index (χ3n) is 5.39. The lowest BCUT2D eigenvalue weighted by atomic mass is 9.56. The summed E-state index contributed by atoms with van der Waals surface area (Å²) in [6.07, 6.45) is 6.30. The molecule has 0 aromatic carbocycles. The normalized spacial score (nSPS) is 43.2. The second kappa shape index (κ2) is 4.40. The minimum Gasteiger partial charge on any atom is -0.465 e. The van der Waals surface area contributed by atoms with E-state index in [4.69, 9.17) is 4.74 Å². The van der Waals surface area contributed by atoms with Gasteiger partial charge in [0.25, 0.3) is 0 Å². The van der Waals surface area contributed by atoms with Crippen LogP contribution in [-0.4, -0.2) is 12.6 Å². The molecule has 1 heterocycles. The predicted molar refractivity (Wildman–Crippen MR) is 70.9 cm³/mol. The zero-order valence-corrected chi connectivity index (χ0v) is 11.7. The average molecular weight is 248 g/mol. The van der Waals surface area contributed by atoms with Gasteiger partial charge in [0.1, 0.15) is 0 Å². The number of carbonyl (C=O) groups excluding carboxylic acids is 1. The third-order valence-corrected chi connectivity index (χ3v) is 5.39. The van der Waals surface area contributed by atoms with Crippen molar-refractivity contribution in [2.45, 2.75) is 40.0 Å². The van der Waals surface area contributed by atoms with Gasteiger partial charge >= 0.3 is 5.97 Å². The molecule has 0 amide bonds. The molecule has 0 N–H and O–H groups in total. The van der Waals surface area contributed by atoms with Crippen LogP contribution in [-0.2, 0) is 9.53 Å². The van der Waals surface area contributed by atoms with Crippen molar-refractivity contribution in [3.05, 3.63) is 11.6 Å². The summed E-state index contributed by atoms with van der Waals surface area (Å²) < 4.78 is 5.50. The molecule has 0 spiro atoms. The molecule has 18 heavy (non-hydrogen) atoms. The van der Waals surface area contributed by atoms with E-state index in [9.17, 15) is 4.79 Å². The molecule has 100 valence electrons. The van der Waals surface area contributed by atoms with Crippen LogP contribution in [0.5, 0.6) is 0 Å². The molecule has 0 aromatic heterocycles. The number of ether oxygens (including phenoxy) is 1. The molecule has 2 aliphatic carbocycles. The fourth-order valence-corrected chi connectivity index (χ4v) is 4.80. The van der Waals surface area contributed by atoms with Crippen molar-refractivity contribution in [2.75, 3.05) is 6.61 Å². The molecule has 1 saturated carbocycles. The molecule has 0 radical (unpaired) electrons. The molecule has 0 bridgehead atoms. The van der Waals surface area contributed by atoms with Gasteiger partial charge in [-0.15, -0.1) is 0 Å². The van der Waals surface area contributed by atoms with Crippen LogP contribution < -0.4 is 0 Å². The zero-order chi connectivity index (χ0) is 12.9. The molecular weight excluding hydrogens is 224 g/mol. The van der Waals surface area contributed by atoms with Crippen LogP contribution in [0, 0.1) is 35.5 Å². The van der Waals surface area contributed by atoms with Crippen LogP contribution in [0.4, 0.5) is 0 Å². The Morgan fingerprint density at radius 1 is 1.33 bits per heavy atom. The molecule has 2 heteroatoms. The second-order valence-electron chi connectivity index (χ2n) is 6.77. The highest BCUT2D eigenvalue weighted by Gasteiger charge is 2.51. The largest absolute Gasteiger partial charge is 0.465 e. The number of hydrogen-bond acceptors (Lipinski definition) is 2. The highest BCUT2D eigenvalue weighted by molar-refractivity contribution is 5.75. The Morgan fingerprint density at radius 3 is 2.83 bits per heavy atom. The lowest BCUT2D eigenvalue weighted by molar-refractivity contribution is -0.170. The Hall–Kier alpha value is -0.790. The summed E-state index contributed by atoms with van der Waals surface area (Å²) >= 11 is 0. The second-order valence-corrected chi connectivity index (χ2v) is 6.77. The number of hydrogen-bond donors (Lipinski definition) is 0. The van der Waals surface area contributed by atoms with Gasteiger partial charge in [0.2, 0.25) is 0 Å². The van der Waals surface area contributed by atoms with Gasteiger partial charge in [0.05, 0.1) is 12.5 Å². The van der Waals surface area contributed by atoms with Gasteiger partial charge < -0.3 is 4.74 Å². The van der Waals surface area contributed by atoms with E-state index in [-0.39, 0.29) is 11.9 Å². The van der Waals surface area contributed by atoms with Gasteiger partial charge in [-0.2, -0.15) is 0 Å². The Kier molecular flexibility index (Phi) is 2.99. The smallest absolute Gasteiger partial charge is 0.309 e. The molecule has 0 aromatic rings. The minimum atomic E-state index is 0.0781. The fourth-order valence-electron chi connectivity index (χ4n) is 4.80. The SMILES string of the molecule is CC1=C[C@@H]2CCC[C@@H]3COC(=O)[C@@H]([C@@H]32)[C@@H]1C(C)C. The summed E-state index contributed by atoms with van der Waals surface area (Å²) in [4.78, 5) is 12.3. The predicted octanol–water partition coefficient (Wildman–Crippen LogP) is 3.42. The van der Waals surface area contributed by atoms with Crippen LogP contribution in [0.3, 0.4) is 0 Å². The van der Waals surface area contributed by atoms with Crippen molar-refractivity contribution in [2.24, 2.45) is 35.5 Å². The average Bonchev–Trinajstić information content (AvgIpc) is 2.32. The highest BCUT2D eigenvalue weighted by atomic mass is 16.5. The lowest BCUT2D eigenvalue weighted by Gasteiger charge is -2.50.